The van der Waals surface area contributed by atoms with Gasteiger partial charge < -0.3 is 10.4 Å². The molecule has 100 valence electrons. The fourth-order valence-corrected chi connectivity index (χ4v) is 2.56. The predicted octanol–water partition coefficient (Wildman–Crippen LogP) is 0.177. The van der Waals surface area contributed by atoms with Gasteiger partial charge in [0.05, 0.1) is 12.3 Å². The number of para-hydroxylation sites is 1. The van der Waals surface area contributed by atoms with E-state index in [1.807, 2.05) is 30.3 Å². The van der Waals surface area contributed by atoms with Gasteiger partial charge in [0.25, 0.3) is 0 Å². The lowest BCUT2D eigenvalue weighted by molar-refractivity contribution is 0.140. The van der Waals surface area contributed by atoms with Gasteiger partial charge in [-0.2, -0.15) is 4.68 Å². The Labute approximate surface area is 111 Å². The van der Waals surface area contributed by atoms with Crippen LogP contribution in [-0.2, 0) is 6.42 Å². The topological polar surface area (TPSA) is 75.9 Å². The second kappa shape index (κ2) is 5.07. The summed E-state index contributed by atoms with van der Waals surface area (Å²) in [5.74, 6) is 0.795. The molecule has 1 aromatic heterocycles. The third-order valence-electron chi connectivity index (χ3n) is 3.74. The van der Waals surface area contributed by atoms with E-state index in [4.69, 9.17) is 0 Å². The average Bonchev–Trinajstić information content (AvgIpc) is 3.10. The molecule has 0 radical (unpaired) electrons. The van der Waals surface area contributed by atoms with E-state index in [2.05, 4.69) is 20.8 Å². The van der Waals surface area contributed by atoms with E-state index in [-0.39, 0.29) is 12.0 Å². The zero-order valence-corrected chi connectivity index (χ0v) is 10.7. The summed E-state index contributed by atoms with van der Waals surface area (Å²) in [5, 5.41) is 24.9. The highest BCUT2D eigenvalue weighted by atomic mass is 16.3. The number of nitrogens with one attached hydrogen (secondary N) is 1. The Morgan fingerprint density at radius 3 is 2.84 bits per heavy atom. The zero-order valence-electron chi connectivity index (χ0n) is 10.7. The minimum Gasteiger partial charge on any atom is -0.396 e. The van der Waals surface area contributed by atoms with E-state index in [1.165, 1.54) is 0 Å². The molecule has 0 aliphatic carbocycles. The van der Waals surface area contributed by atoms with Crippen molar-refractivity contribution in [2.45, 2.75) is 12.8 Å². The maximum atomic E-state index is 9.66. The van der Waals surface area contributed by atoms with E-state index >= 15 is 0 Å². The van der Waals surface area contributed by atoms with Crippen molar-refractivity contribution in [3.05, 3.63) is 36.2 Å². The first-order chi connectivity index (χ1) is 9.33. The fraction of sp³-hybridized carbons (Fsp3) is 0.462. The quantitative estimate of drug-likeness (QED) is 0.819. The molecule has 2 heterocycles. The summed E-state index contributed by atoms with van der Waals surface area (Å²) >= 11 is 0. The van der Waals surface area contributed by atoms with Crippen molar-refractivity contribution in [2.75, 3.05) is 19.7 Å². The molecule has 2 N–H and O–H groups in total. The summed E-state index contributed by atoms with van der Waals surface area (Å²) in [6, 6.07) is 9.82. The Morgan fingerprint density at radius 2 is 2.16 bits per heavy atom. The minimum absolute atomic E-state index is 0.138. The summed E-state index contributed by atoms with van der Waals surface area (Å²) in [6.45, 7) is 1.90. The fourth-order valence-electron chi connectivity index (χ4n) is 2.56. The minimum atomic E-state index is -0.138. The van der Waals surface area contributed by atoms with Crippen LogP contribution in [0.4, 0.5) is 0 Å². The van der Waals surface area contributed by atoms with Crippen molar-refractivity contribution >= 4 is 0 Å². The normalized spacial score (nSPS) is 22.8. The molecule has 0 bridgehead atoms. The van der Waals surface area contributed by atoms with Gasteiger partial charge in [0.2, 0.25) is 0 Å². The number of benzene rings is 1. The molecule has 1 saturated heterocycles. The highest BCUT2D eigenvalue weighted by molar-refractivity contribution is 5.30. The van der Waals surface area contributed by atoms with Gasteiger partial charge in [-0.15, -0.1) is 5.10 Å². The van der Waals surface area contributed by atoms with Crippen molar-refractivity contribution in [2.24, 2.45) is 5.41 Å². The van der Waals surface area contributed by atoms with Crippen LogP contribution in [0.25, 0.3) is 5.69 Å². The van der Waals surface area contributed by atoms with E-state index in [1.54, 1.807) is 4.68 Å². The number of rotatable bonds is 4. The van der Waals surface area contributed by atoms with Crippen LogP contribution in [0.3, 0.4) is 0 Å². The van der Waals surface area contributed by atoms with Gasteiger partial charge in [0.15, 0.2) is 5.82 Å². The molecule has 6 nitrogen and oxygen atoms in total. The molecule has 0 saturated carbocycles. The largest absolute Gasteiger partial charge is 0.396 e. The third-order valence-corrected chi connectivity index (χ3v) is 3.74. The Hall–Kier alpha value is -1.79. The van der Waals surface area contributed by atoms with Crippen molar-refractivity contribution in [3.8, 4) is 5.69 Å². The molecule has 1 atom stereocenters. The number of tetrazole rings is 1. The molecule has 1 unspecified atom stereocenters. The highest BCUT2D eigenvalue weighted by Gasteiger charge is 2.35. The van der Waals surface area contributed by atoms with Crippen molar-refractivity contribution < 1.29 is 5.11 Å². The van der Waals surface area contributed by atoms with E-state index < -0.39 is 0 Å². The molecule has 0 spiro atoms. The molecule has 0 amide bonds. The standard InChI is InChI=1S/C13H17N5O/c19-10-13(6-7-14-9-13)8-12-15-16-17-18(12)11-4-2-1-3-5-11/h1-5,14,19H,6-10H2. The van der Waals surface area contributed by atoms with Crippen LogP contribution in [0.2, 0.25) is 0 Å². The van der Waals surface area contributed by atoms with Gasteiger partial charge in [-0.05, 0) is 35.5 Å². The number of aliphatic hydroxyl groups is 1. The van der Waals surface area contributed by atoms with Crippen LogP contribution >= 0.6 is 0 Å². The monoisotopic (exact) mass is 259 g/mol. The summed E-state index contributed by atoms with van der Waals surface area (Å²) in [5.41, 5.74) is 0.808. The van der Waals surface area contributed by atoms with Gasteiger partial charge in [-0.3, -0.25) is 0 Å². The van der Waals surface area contributed by atoms with Gasteiger partial charge >= 0.3 is 0 Å². The summed E-state index contributed by atoms with van der Waals surface area (Å²) < 4.78 is 1.75. The van der Waals surface area contributed by atoms with E-state index in [0.29, 0.717) is 6.42 Å². The van der Waals surface area contributed by atoms with Gasteiger partial charge in [-0.1, -0.05) is 18.2 Å². The Kier molecular flexibility index (Phi) is 3.27. The van der Waals surface area contributed by atoms with E-state index in [9.17, 15) is 5.11 Å². The molecule has 1 fully saturated rings. The van der Waals surface area contributed by atoms with E-state index in [0.717, 1.165) is 31.0 Å². The predicted molar refractivity (Wildman–Crippen MR) is 69.9 cm³/mol. The molecule has 1 aliphatic rings. The smallest absolute Gasteiger partial charge is 0.157 e. The maximum absolute atomic E-state index is 9.66. The molecule has 1 aromatic carbocycles. The first kappa shape index (κ1) is 12.3. The Balaban J connectivity index is 1.88. The molecule has 2 aromatic rings. The first-order valence-corrected chi connectivity index (χ1v) is 6.47. The van der Waals surface area contributed by atoms with Crippen LogP contribution in [0, 0.1) is 5.41 Å². The summed E-state index contributed by atoms with van der Waals surface area (Å²) in [6.07, 6.45) is 1.63. The number of aromatic nitrogens is 4. The second-order valence-electron chi connectivity index (χ2n) is 5.10. The lowest BCUT2D eigenvalue weighted by Gasteiger charge is -2.24. The molecule has 3 rings (SSSR count). The lowest BCUT2D eigenvalue weighted by atomic mass is 9.84. The first-order valence-electron chi connectivity index (χ1n) is 6.47. The average molecular weight is 259 g/mol. The summed E-state index contributed by atoms with van der Waals surface area (Å²) in [7, 11) is 0. The molecule has 19 heavy (non-hydrogen) atoms. The van der Waals surface area contributed by atoms with Gasteiger partial charge in [-0.25, -0.2) is 0 Å². The van der Waals surface area contributed by atoms with Crippen molar-refractivity contribution in [3.63, 3.8) is 0 Å². The number of hydrogen-bond acceptors (Lipinski definition) is 5. The number of aliphatic hydroxyl groups excluding tert-OH is 1. The Bertz CT molecular complexity index is 533. The van der Waals surface area contributed by atoms with Crippen LogP contribution < -0.4 is 5.32 Å². The third kappa shape index (κ3) is 2.36. The second-order valence-corrected chi connectivity index (χ2v) is 5.10. The van der Waals surface area contributed by atoms with Crippen LogP contribution in [0.5, 0.6) is 0 Å². The molecular weight excluding hydrogens is 242 g/mol. The summed E-state index contributed by atoms with van der Waals surface area (Å²) in [4.78, 5) is 0. The zero-order chi connectivity index (χ0) is 13.1. The van der Waals surface area contributed by atoms with Crippen LogP contribution in [0.1, 0.15) is 12.2 Å². The van der Waals surface area contributed by atoms with Crippen molar-refractivity contribution in [1.29, 1.82) is 0 Å². The highest BCUT2D eigenvalue weighted by Crippen LogP contribution is 2.29. The van der Waals surface area contributed by atoms with Crippen molar-refractivity contribution in [1.82, 2.24) is 25.5 Å². The van der Waals surface area contributed by atoms with Gasteiger partial charge in [0.1, 0.15) is 0 Å². The SMILES string of the molecule is OCC1(Cc2nnnn2-c2ccccc2)CCNC1. The number of nitrogens with zero attached hydrogens (tertiary/aromatic N) is 4. The molecular formula is C13H17N5O. The number of hydrogen-bond donors (Lipinski definition) is 2. The molecule has 1 aliphatic heterocycles. The van der Waals surface area contributed by atoms with Crippen LogP contribution in [0.15, 0.2) is 30.3 Å². The lowest BCUT2D eigenvalue weighted by Crippen LogP contribution is -2.31. The maximum Gasteiger partial charge on any atom is 0.157 e. The van der Waals surface area contributed by atoms with Gasteiger partial charge in [0, 0.05) is 18.4 Å². The molecule has 6 heteroatoms. The Morgan fingerprint density at radius 1 is 1.32 bits per heavy atom. The van der Waals surface area contributed by atoms with Crippen LogP contribution in [-0.4, -0.2) is 45.0 Å².